The average molecular weight is 352 g/mol. The first-order valence-electron chi connectivity index (χ1n) is 8.30. The summed E-state index contributed by atoms with van der Waals surface area (Å²) in [5, 5.41) is 0.874. The molecular weight excluding hydrogens is 336 g/mol. The zero-order valence-corrected chi connectivity index (χ0v) is 14.3. The van der Waals surface area contributed by atoms with E-state index in [1.807, 2.05) is 12.1 Å². The standard InChI is InChI=1S/C20H16O6/c1-22-16-6-11-14(8-17(16)23-2)25-9-18-19(11)20(21)12-5-10-3-4-24-13(10)7-15(12)26-18/h3-8,18-19H,9H2,1-2H3. The van der Waals surface area contributed by atoms with E-state index in [4.69, 9.17) is 23.4 Å². The Labute approximate surface area is 149 Å². The first-order valence-corrected chi connectivity index (χ1v) is 8.30. The van der Waals surface area contributed by atoms with Gasteiger partial charge < -0.3 is 23.4 Å². The molecule has 132 valence electrons. The number of benzene rings is 2. The topological polar surface area (TPSA) is 67.1 Å². The first-order chi connectivity index (χ1) is 12.7. The van der Waals surface area contributed by atoms with Gasteiger partial charge in [-0.15, -0.1) is 0 Å². The number of ether oxygens (including phenoxy) is 4. The van der Waals surface area contributed by atoms with Crippen LogP contribution in [0.15, 0.2) is 41.0 Å². The number of carbonyl (C=O) groups excluding carboxylic acids is 1. The largest absolute Gasteiger partial charge is 0.493 e. The summed E-state index contributed by atoms with van der Waals surface area (Å²) < 4.78 is 28.1. The van der Waals surface area contributed by atoms with Crippen molar-refractivity contribution in [1.29, 1.82) is 0 Å². The number of furan rings is 1. The lowest BCUT2D eigenvalue weighted by molar-refractivity contribution is 0.0559. The summed E-state index contributed by atoms with van der Waals surface area (Å²) in [7, 11) is 3.13. The lowest BCUT2D eigenvalue weighted by atomic mass is 9.82. The summed E-state index contributed by atoms with van der Waals surface area (Å²) in [4.78, 5) is 13.3. The molecule has 0 amide bonds. The van der Waals surface area contributed by atoms with E-state index >= 15 is 0 Å². The van der Waals surface area contributed by atoms with Crippen LogP contribution in [0.4, 0.5) is 0 Å². The van der Waals surface area contributed by atoms with Gasteiger partial charge in [0.05, 0.1) is 32.0 Å². The third kappa shape index (κ3) is 2.02. The van der Waals surface area contributed by atoms with Crippen molar-refractivity contribution >= 4 is 16.8 Å². The van der Waals surface area contributed by atoms with Gasteiger partial charge in [0, 0.05) is 23.1 Å². The molecule has 0 fully saturated rings. The maximum Gasteiger partial charge on any atom is 0.178 e. The van der Waals surface area contributed by atoms with Gasteiger partial charge in [-0.05, 0) is 18.2 Å². The van der Waals surface area contributed by atoms with Crippen LogP contribution in [0.3, 0.4) is 0 Å². The van der Waals surface area contributed by atoms with Crippen LogP contribution in [0.2, 0.25) is 0 Å². The predicted octanol–water partition coefficient (Wildman–Crippen LogP) is 3.57. The van der Waals surface area contributed by atoms with Gasteiger partial charge in [-0.25, -0.2) is 0 Å². The Morgan fingerprint density at radius 2 is 1.85 bits per heavy atom. The van der Waals surface area contributed by atoms with Crippen LogP contribution in [0.1, 0.15) is 21.8 Å². The lowest BCUT2D eigenvalue weighted by Crippen LogP contribution is -2.43. The smallest absolute Gasteiger partial charge is 0.178 e. The number of methoxy groups -OCH3 is 2. The third-order valence-corrected chi connectivity index (χ3v) is 5.01. The second-order valence-electron chi connectivity index (χ2n) is 6.36. The summed E-state index contributed by atoms with van der Waals surface area (Å²) in [5.41, 5.74) is 2.00. The van der Waals surface area contributed by atoms with Crippen LogP contribution < -0.4 is 18.9 Å². The molecule has 0 radical (unpaired) electrons. The van der Waals surface area contributed by atoms with Gasteiger partial charge in [0.2, 0.25) is 0 Å². The molecule has 2 unspecified atom stereocenters. The van der Waals surface area contributed by atoms with Crippen molar-refractivity contribution in [2.45, 2.75) is 12.0 Å². The summed E-state index contributed by atoms with van der Waals surface area (Å²) in [6.07, 6.45) is 1.21. The molecule has 0 saturated carbocycles. The monoisotopic (exact) mass is 352 g/mol. The number of hydrogen-bond acceptors (Lipinski definition) is 6. The molecule has 26 heavy (non-hydrogen) atoms. The summed E-state index contributed by atoms with van der Waals surface area (Å²) >= 11 is 0. The molecule has 6 heteroatoms. The molecule has 3 heterocycles. The fraction of sp³-hybridized carbons (Fsp3) is 0.250. The molecule has 0 aliphatic carbocycles. The average Bonchev–Trinajstić information content (AvgIpc) is 3.12. The molecule has 0 bridgehead atoms. The highest BCUT2D eigenvalue weighted by molar-refractivity contribution is 6.07. The molecule has 0 N–H and O–H groups in total. The van der Waals surface area contributed by atoms with E-state index in [0.29, 0.717) is 34.1 Å². The van der Waals surface area contributed by atoms with E-state index in [2.05, 4.69) is 0 Å². The van der Waals surface area contributed by atoms with E-state index in [1.54, 1.807) is 38.7 Å². The highest BCUT2D eigenvalue weighted by atomic mass is 16.5. The lowest BCUT2D eigenvalue weighted by Gasteiger charge is -2.37. The SMILES string of the molecule is COc1cc2c(cc1OC)C1C(=O)c3cc4ccoc4cc3OC1CO2. The van der Waals surface area contributed by atoms with Crippen molar-refractivity contribution in [2.75, 3.05) is 20.8 Å². The molecule has 3 aromatic rings. The van der Waals surface area contributed by atoms with Gasteiger partial charge in [-0.1, -0.05) is 0 Å². The number of Topliss-reactive ketones (excluding diaryl/α,β-unsaturated/α-hetero) is 1. The molecule has 0 saturated heterocycles. The Hall–Kier alpha value is -3.15. The number of ketones is 1. The molecule has 6 nitrogen and oxygen atoms in total. The minimum Gasteiger partial charge on any atom is -0.493 e. The van der Waals surface area contributed by atoms with Gasteiger partial charge in [-0.2, -0.15) is 0 Å². The van der Waals surface area contributed by atoms with Gasteiger partial charge in [0.1, 0.15) is 29.8 Å². The molecular formula is C20H16O6. The fourth-order valence-electron chi connectivity index (χ4n) is 3.74. The Bertz CT molecular complexity index is 1030. The zero-order valence-electron chi connectivity index (χ0n) is 14.3. The molecule has 5 rings (SSSR count). The van der Waals surface area contributed by atoms with Gasteiger partial charge in [0.25, 0.3) is 0 Å². The molecule has 1 aromatic heterocycles. The van der Waals surface area contributed by atoms with Crippen LogP contribution in [0, 0.1) is 0 Å². The van der Waals surface area contributed by atoms with Gasteiger partial charge >= 0.3 is 0 Å². The van der Waals surface area contributed by atoms with Crippen LogP contribution in [0.25, 0.3) is 11.0 Å². The highest BCUT2D eigenvalue weighted by Crippen LogP contribution is 2.47. The number of hydrogen-bond donors (Lipinski definition) is 0. The second kappa shape index (κ2) is 5.42. The van der Waals surface area contributed by atoms with Crippen molar-refractivity contribution in [3.8, 4) is 23.0 Å². The maximum absolute atomic E-state index is 13.3. The fourth-order valence-corrected chi connectivity index (χ4v) is 3.74. The zero-order chi connectivity index (χ0) is 17.8. The molecule has 2 aromatic carbocycles. The Morgan fingerprint density at radius 1 is 1.04 bits per heavy atom. The van der Waals surface area contributed by atoms with E-state index in [0.717, 1.165) is 10.9 Å². The maximum atomic E-state index is 13.3. The number of fused-ring (bicyclic) bond motifs is 5. The van der Waals surface area contributed by atoms with E-state index in [9.17, 15) is 4.79 Å². The van der Waals surface area contributed by atoms with Crippen molar-refractivity contribution < 1.29 is 28.2 Å². The van der Waals surface area contributed by atoms with Crippen LogP contribution >= 0.6 is 0 Å². The third-order valence-electron chi connectivity index (χ3n) is 5.01. The van der Waals surface area contributed by atoms with Gasteiger partial charge in [-0.3, -0.25) is 4.79 Å². The number of carbonyl (C=O) groups is 1. The Balaban J connectivity index is 1.66. The Morgan fingerprint density at radius 3 is 2.65 bits per heavy atom. The Kier molecular flexibility index (Phi) is 3.16. The minimum atomic E-state index is -0.449. The van der Waals surface area contributed by atoms with Crippen molar-refractivity contribution in [1.82, 2.24) is 0 Å². The van der Waals surface area contributed by atoms with Crippen molar-refractivity contribution in [2.24, 2.45) is 0 Å². The van der Waals surface area contributed by atoms with E-state index in [1.165, 1.54) is 0 Å². The quantitative estimate of drug-likeness (QED) is 0.702. The minimum absolute atomic E-state index is 0.0103. The highest BCUT2D eigenvalue weighted by Gasteiger charge is 2.43. The van der Waals surface area contributed by atoms with E-state index in [-0.39, 0.29) is 12.4 Å². The molecule has 2 aliphatic rings. The predicted molar refractivity (Wildman–Crippen MR) is 92.7 cm³/mol. The summed E-state index contributed by atoms with van der Waals surface area (Å²) in [5.74, 6) is 1.83. The molecule has 0 spiro atoms. The number of rotatable bonds is 2. The first kappa shape index (κ1) is 15.1. The summed E-state index contributed by atoms with van der Waals surface area (Å²) in [6.45, 7) is 0.286. The van der Waals surface area contributed by atoms with Crippen LogP contribution in [-0.4, -0.2) is 32.7 Å². The van der Waals surface area contributed by atoms with Crippen molar-refractivity contribution in [3.63, 3.8) is 0 Å². The molecule has 2 atom stereocenters. The van der Waals surface area contributed by atoms with Crippen LogP contribution in [-0.2, 0) is 0 Å². The van der Waals surface area contributed by atoms with E-state index < -0.39 is 12.0 Å². The molecule has 2 aliphatic heterocycles. The normalized spacial score (nSPS) is 20.5. The van der Waals surface area contributed by atoms with Crippen LogP contribution in [0.5, 0.6) is 23.0 Å². The second-order valence-corrected chi connectivity index (χ2v) is 6.36. The van der Waals surface area contributed by atoms with Crippen molar-refractivity contribution in [3.05, 3.63) is 47.7 Å². The summed E-state index contributed by atoms with van der Waals surface area (Å²) in [6, 6.07) is 8.98. The van der Waals surface area contributed by atoms with Gasteiger partial charge in [0.15, 0.2) is 17.3 Å².